The molecule has 3 aliphatic rings. The van der Waals surface area contributed by atoms with Crippen molar-refractivity contribution in [1.82, 2.24) is 5.32 Å². The summed E-state index contributed by atoms with van der Waals surface area (Å²) in [7, 11) is -1.69. The summed E-state index contributed by atoms with van der Waals surface area (Å²) >= 11 is 0. The molecule has 0 aromatic heterocycles. The summed E-state index contributed by atoms with van der Waals surface area (Å²) in [5, 5.41) is 16.0. The van der Waals surface area contributed by atoms with Gasteiger partial charge in [-0.3, -0.25) is 9.59 Å². The van der Waals surface area contributed by atoms with Crippen molar-refractivity contribution in [3.63, 3.8) is 0 Å². The van der Waals surface area contributed by atoms with Gasteiger partial charge < -0.3 is 34.2 Å². The number of fused-ring (bicyclic) bond motifs is 2. The number of carbonyl (C=O) groups excluding carboxylic acids is 2. The maximum atomic E-state index is 15.7. The second-order valence-corrected chi connectivity index (χ2v) is 15.6. The first-order valence-corrected chi connectivity index (χ1v) is 17.1. The topological polar surface area (TPSA) is 100 Å². The molecule has 3 heterocycles. The Morgan fingerprint density at radius 3 is 2.65 bits per heavy atom. The summed E-state index contributed by atoms with van der Waals surface area (Å²) < 4.78 is 27.7. The van der Waals surface area contributed by atoms with Crippen LogP contribution >= 0.6 is 0 Å². The first-order valence-electron chi connectivity index (χ1n) is 14.2. The van der Waals surface area contributed by atoms with Crippen LogP contribution < -0.4 is 20.3 Å². The monoisotopic (exact) mass is 569 g/mol. The number of amides is 2. The molecule has 5 atom stereocenters. The lowest BCUT2D eigenvalue weighted by molar-refractivity contribution is -0.146. The molecule has 2 fully saturated rings. The van der Waals surface area contributed by atoms with Crippen molar-refractivity contribution < 1.29 is 28.3 Å². The number of hydrogen-bond donors (Lipinski definition) is 3. The minimum absolute atomic E-state index is 0.0122. The van der Waals surface area contributed by atoms with Gasteiger partial charge in [0.25, 0.3) is 5.91 Å². The van der Waals surface area contributed by atoms with E-state index in [-0.39, 0.29) is 30.8 Å². The summed E-state index contributed by atoms with van der Waals surface area (Å²) in [6.45, 7) is 6.99. The number of aliphatic hydroxyl groups excluding tert-OH is 1. The van der Waals surface area contributed by atoms with Crippen LogP contribution in [0.25, 0.3) is 0 Å². The van der Waals surface area contributed by atoms with E-state index in [1.54, 1.807) is 25.1 Å². The minimum atomic E-state index is -3.26. The van der Waals surface area contributed by atoms with Gasteiger partial charge in [-0.2, -0.15) is 0 Å². The van der Waals surface area contributed by atoms with Gasteiger partial charge in [0.05, 0.1) is 31.4 Å². The molecule has 2 saturated heterocycles. The maximum Gasteiger partial charge on any atom is 0.264 e. The third-order valence-corrected chi connectivity index (χ3v) is 11.3. The number of piperidine rings is 1. The zero-order valence-corrected chi connectivity index (χ0v) is 24.7. The number of anilines is 2. The van der Waals surface area contributed by atoms with Crippen LogP contribution in [0.1, 0.15) is 37.3 Å². The van der Waals surface area contributed by atoms with Crippen molar-refractivity contribution >= 4 is 31.6 Å². The van der Waals surface area contributed by atoms with E-state index in [2.05, 4.69) is 10.6 Å². The third-order valence-electron chi connectivity index (χ3n) is 8.81. The number of methoxy groups -OCH3 is 1. The second kappa shape index (κ2) is 11.2. The Bertz CT molecular complexity index is 1250. The van der Waals surface area contributed by atoms with Crippen molar-refractivity contribution in [1.29, 1.82) is 0 Å². The summed E-state index contributed by atoms with van der Waals surface area (Å²) in [5.74, 6) is -0.0847. The first kappa shape index (κ1) is 28.7. The van der Waals surface area contributed by atoms with Crippen LogP contribution in [0.3, 0.4) is 0 Å². The van der Waals surface area contributed by atoms with Gasteiger partial charge in [-0.25, -0.2) is 0 Å². The van der Waals surface area contributed by atoms with Crippen LogP contribution in [0.2, 0.25) is 18.6 Å². The zero-order valence-electron chi connectivity index (χ0n) is 23.7. The van der Waals surface area contributed by atoms with Gasteiger partial charge in [0, 0.05) is 35.9 Å². The largest absolute Gasteiger partial charge is 0.497 e. The molecule has 3 N–H and O–H groups in total. The average Bonchev–Trinajstić information content (AvgIpc) is 3.36. The fourth-order valence-electron chi connectivity index (χ4n) is 6.90. The van der Waals surface area contributed by atoms with Crippen LogP contribution in [0.15, 0.2) is 42.5 Å². The summed E-state index contributed by atoms with van der Waals surface area (Å²) in [6, 6.07) is 13.0. The lowest BCUT2D eigenvalue weighted by Crippen LogP contribution is -2.45. The smallest absolute Gasteiger partial charge is 0.264 e. The van der Waals surface area contributed by atoms with Gasteiger partial charge >= 0.3 is 0 Å². The molecule has 0 bridgehead atoms. The van der Waals surface area contributed by atoms with E-state index in [9.17, 15) is 14.7 Å². The van der Waals surface area contributed by atoms with Gasteiger partial charge in [-0.05, 0) is 74.8 Å². The van der Waals surface area contributed by atoms with E-state index in [0.29, 0.717) is 35.8 Å². The van der Waals surface area contributed by atoms with Gasteiger partial charge in [0.15, 0.2) is 5.60 Å². The van der Waals surface area contributed by atoms with E-state index in [1.807, 2.05) is 49.4 Å². The van der Waals surface area contributed by atoms with E-state index in [4.69, 9.17) is 9.47 Å². The van der Waals surface area contributed by atoms with E-state index in [1.165, 1.54) is 0 Å². The molecule has 0 radical (unpaired) electrons. The summed E-state index contributed by atoms with van der Waals surface area (Å²) in [5.41, 5.74) is 1.18. The SMILES string of the molecule is COc1ccc2c(c1)[C@@]1(O[C@H](CCO)[C@@H]([Si](C)(C)F)[C@@H]1C)C(=O)N2Cc1ccc(NC(=O)C2CCCNC2)cc1. The van der Waals surface area contributed by atoms with Crippen LogP contribution in [0, 0.1) is 11.8 Å². The fraction of sp³-hybridized carbons (Fsp3) is 0.533. The first-order chi connectivity index (χ1) is 19.1. The highest BCUT2D eigenvalue weighted by Gasteiger charge is 2.66. The molecule has 40 heavy (non-hydrogen) atoms. The molecule has 10 heteroatoms. The molecule has 2 amide bonds. The molecule has 1 unspecified atom stereocenters. The lowest BCUT2D eigenvalue weighted by atomic mass is 9.82. The van der Waals surface area contributed by atoms with Crippen LogP contribution in [-0.2, 0) is 26.5 Å². The van der Waals surface area contributed by atoms with Gasteiger partial charge in [0.1, 0.15) is 5.75 Å². The zero-order chi connectivity index (χ0) is 28.7. The number of nitrogens with zero attached hydrogens (tertiary/aromatic N) is 1. The molecule has 2 aromatic rings. The standard InChI is InChI=1S/C30H40FN3O5Si/c1-19-27(40(3,4)31)26(13-15-35)39-30(19)24-16-23(38-2)11-12-25(24)34(29(30)37)18-20-7-9-22(10-8-20)33-28(36)21-6-5-14-32-17-21/h7-12,16,19,21,26-27,32,35H,5-6,13-15,17-18H2,1-4H3,(H,33,36)/t19-,21?,26+,27-,30+/m0/s1. The summed E-state index contributed by atoms with van der Waals surface area (Å²) in [4.78, 5) is 28.7. The lowest BCUT2D eigenvalue weighted by Gasteiger charge is -2.31. The van der Waals surface area contributed by atoms with E-state index < -0.39 is 31.6 Å². The van der Waals surface area contributed by atoms with Crippen LogP contribution in [0.4, 0.5) is 15.5 Å². The molecule has 0 aliphatic carbocycles. The maximum absolute atomic E-state index is 15.7. The van der Waals surface area contributed by atoms with Crippen molar-refractivity contribution in [2.45, 2.75) is 63.1 Å². The highest BCUT2D eigenvalue weighted by atomic mass is 28.4. The predicted octanol–water partition coefficient (Wildman–Crippen LogP) is 4.34. The molecule has 0 saturated carbocycles. The van der Waals surface area contributed by atoms with Gasteiger partial charge in [-0.15, -0.1) is 0 Å². The van der Waals surface area contributed by atoms with E-state index in [0.717, 1.165) is 24.9 Å². The molecule has 8 nitrogen and oxygen atoms in total. The van der Waals surface area contributed by atoms with Crippen LogP contribution in [0.5, 0.6) is 5.75 Å². The molecular weight excluding hydrogens is 529 g/mol. The normalized spacial score (nSPS) is 28.1. The number of aliphatic hydroxyl groups is 1. The Hall–Kier alpha value is -2.79. The van der Waals surface area contributed by atoms with Crippen molar-refractivity contribution in [3.8, 4) is 5.75 Å². The number of rotatable bonds is 8. The number of ether oxygens (including phenoxy) is 2. The van der Waals surface area contributed by atoms with Gasteiger partial charge in [-0.1, -0.05) is 19.1 Å². The van der Waals surface area contributed by atoms with Crippen LogP contribution in [-0.4, -0.2) is 58.2 Å². The average molecular weight is 570 g/mol. The second-order valence-electron chi connectivity index (χ2n) is 11.8. The number of carbonyl (C=O) groups is 2. The predicted molar refractivity (Wildman–Crippen MR) is 155 cm³/mol. The molecule has 216 valence electrons. The Morgan fingerprint density at radius 2 is 2.02 bits per heavy atom. The molecule has 5 rings (SSSR count). The Balaban J connectivity index is 1.43. The number of benzene rings is 2. The van der Waals surface area contributed by atoms with E-state index >= 15 is 4.11 Å². The quantitative estimate of drug-likeness (QED) is 0.323. The molecule has 1 spiro atoms. The summed E-state index contributed by atoms with van der Waals surface area (Å²) in [6.07, 6.45) is 1.58. The fourth-order valence-corrected chi connectivity index (χ4v) is 9.45. The molecular formula is C30H40FN3O5Si. The Kier molecular flexibility index (Phi) is 8.07. The van der Waals surface area contributed by atoms with Gasteiger partial charge in [0.2, 0.25) is 14.3 Å². The van der Waals surface area contributed by atoms with Crippen molar-refractivity contribution in [2.75, 3.05) is 37.0 Å². The Labute approximate surface area is 236 Å². The third kappa shape index (κ3) is 5.06. The Morgan fingerprint density at radius 1 is 1.27 bits per heavy atom. The molecule has 3 aliphatic heterocycles. The van der Waals surface area contributed by atoms with Crippen molar-refractivity contribution in [2.24, 2.45) is 11.8 Å². The number of hydrogen-bond acceptors (Lipinski definition) is 6. The highest BCUT2D eigenvalue weighted by Crippen LogP contribution is 2.60. The number of nitrogens with one attached hydrogen (secondary N) is 2. The molecule has 2 aromatic carbocycles. The number of halogens is 1. The van der Waals surface area contributed by atoms with Crippen molar-refractivity contribution in [3.05, 3.63) is 53.6 Å². The minimum Gasteiger partial charge on any atom is -0.497 e. The highest BCUT2D eigenvalue weighted by molar-refractivity contribution is 6.72.